The Labute approximate surface area is 152 Å². The largest absolute Gasteiger partial charge is 0.469 e. The lowest BCUT2D eigenvalue weighted by Crippen LogP contribution is -2.13. The minimum Gasteiger partial charge on any atom is -0.469 e. The average Bonchev–Trinajstić information content (AvgIpc) is 2.96. The van der Waals surface area contributed by atoms with Crippen molar-refractivity contribution in [2.24, 2.45) is 11.8 Å². The van der Waals surface area contributed by atoms with Crippen LogP contribution in [0.4, 0.5) is 0 Å². The maximum absolute atomic E-state index is 12.1. The molecule has 0 aromatic carbocycles. The number of Topliss-reactive ketones (excluding diaryl/α,β-unsaturated/α-hetero) is 1. The van der Waals surface area contributed by atoms with Gasteiger partial charge in [-0.05, 0) is 38.0 Å². The molecule has 0 aliphatic heterocycles. The third-order valence-electron chi connectivity index (χ3n) is 4.87. The summed E-state index contributed by atoms with van der Waals surface area (Å²) in [6.45, 7) is 2.15. The van der Waals surface area contributed by atoms with Crippen molar-refractivity contribution in [2.45, 2.75) is 77.2 Å². The third-order valence-corrected chi connectivity index (χ3v) is 4.87. The fraction of sp³-hybridized carbons (Fsp3) is 0.714. The van der Waals surface area contributed by atoms with Gasteiger partial charge in [-0.25, -0.2) is 0 Å². The van der Waals surface area contributed by atoms with Crippen LogP contribution in [0.2, 0.25) is 0 Å². The number of hydrogen-bond acceptors (Lipinski definition) is 4. The van der Waals surface area contributed by atoms with Gasteiger partial charge in [0, 0.05) is 18.8 Å². The summed E-state index contributed by atoms with van der Waals surface area (Å²) in [5.41, 5.74) is 0. The molecule has 1 aliphatic rings. The summed E-state index contributed by atoms with van der Waals surface area (Å²) in [5, 5.41) is 10.0. The van der Waals surface area contributed by atoms with Crippen LogP contribution in [0.25, 0.3) is 0 Å². The maximum Gasteiger partial charge on any atom is 0.305 e. The molecule has 1 N–H and O–H groups in total. The zero-order chi connectivity index (χ0) is 18.5. The second kappa shape index (κ2) is 12.9. The Bertz CT molecular complexity index is 453. The normalized spacial score (nSPS) is 22.1. The molecular weight excluding hydrogens is 316 g/mol. The van der Waals surface area contributed by atoms with E-state index >= 15 is 0 Å². The first kappa shape index (κ1) is 21.6. The predicted molar refractivity (Wildman–Crippen MR) is 100 cm³/mol. The van der Waals surface area contributed by atoms with Gasteiger partial charge < -0.3 is 9.84 Å². The molecule has 0 spiro atoms. The van der Waals surface area contributed by atoms with Crippen LogP contribution in [0.15, 0.2) is 24.3 Å². The van der Waals surface area contributed by atoms with E-state index in [0.29, 0.717) is 18.6 Å². The molecule has 1 unspecified atom stereocenters. The van der Waals surface area contributed by atoms with Gasteiger partial charge in [-0.3, -0.25) is 9.59 Å². The van der Waals surface area contributed by atoms with Crippen LogP contribution in [0, 0.1) is 11.8 Å². The number of rotatable bonds is 12. The number of carbonyl (C=O) groups excluding carboxylic acids is 2. The number of allylic oxidation sites excluding steroid dienone is 3. The van der Waals surface area contributed by atoms with Crippen molar-refractivity contribution in [1.82, 2.24) is 0 Å². The van der Waals surface area contributed by atoms with E-state index < -0.39 is 6.10 Å². The van der Waals surface area contributed by atoms with E-state index in [2.05, 4.69) is 29.9 Å². The molecule has 1 saturated carbocycles. The fourth-order valence-corrected chi connectivity index (χ4v) is 3.27. The van der Waals surface area contributed by atoms with E-state index in [4.69, 9.17) is 0 Å². The molecule has 0 amide bonds. The quantitative estimate of drug-likeness (QED) is 0.322. The molecule has 25 heavy (non-hydrogen) atoms. The molecule has 0 bridgehead atoms. The lowest BCUT2D eigenvalue weighted by molar-refractivity contribution is -0.140. The smallest absolute Gasteiger partial charge is 0.305 e. The Morgan fingerprint density at radius 3 is 2.84 bits per heavy atom. The highest BCUT2D eigenvalue weighted by Gasteiger charge is 2.31. The summed E-state index contributed by atoms with van der Waals surface area (Å²) in [5.74, 6) is 0.431. The number of ketones is 1. The van der Waals surface area contributed by atoms with Crippen LogP contribution in [0.5, 0.6) is 0 Å². The molecule has 3 atom stereocenters. The van der Waals surface area contributed by atoms with Crippen molar-refractivity contribution >= 4 is 11.8 Å². The second-order valence-electron chi connectivity index (χ2n) is 6.90. The Morgan fingerprint density at radius 2 is 2.12 bits per heavy atom. The van der Waals surface area contributed by atoms with E-state index in [1.165, 1.54) is 7.11 Å². The number of carbonyl (C=O) groups is 2. The molecule has 0 aromatic rings. The number of ether oxygens (including phenoxy) is 1. The van der Waals surface area contributed by atoms with Crippen LogP contribution in [0.1, 0.15) is 71.1 Å². The highest BCUT2D eigenvalue weighted by molar-refractivity contribution is 5.83. The van der Waals surface area contributed by atoms with Crippen molar-refractivity contribution in [3.63, 3.8) is 0 Å². The first-order chi connectivity index (χ1) is 12.1. The zero-order valence-electron chi connectivity index (χ0n) is 15.8. The SMILES string of the molecule is CCCCCC(O)C=C[C@@H]1CCC(=O)[C@H]1C/C=C\CCCC(=O)OC. The van der Waals surface area contributed by atoms with Crippen LogP contribution in [-0.2, 0) is 14.3 Å². The van der Waals surface area contributed by atoms with Crippen molar-refractivity contribution in [3.05, 3.63) is 24.3 Å². The highest BCUT2D eigenvalue weighted by Crippen LogP contribution is 2.33. The summed E-state index contributed by atoms with van der Waals surface area (Å²) in [4.78, 5) is 23.1. The minimum atomic E-state index is -0.392. The van der Waals surface area contributed by atoms with Gasteiger partial charge in [0.1, 0.15) is 5.78 Å². The van der Waals surface area contributed by atoms with E-state index in [1.807, 2.05) is 6.08 Å². The van der Waals surface area contributed by atoms with Gasteiger partial charge in [0.25, 0.3) is 0 Å². The summed E-state index contributed by atoms with van der Waals surface area (Å²) >= 11 is 0. The van der Waals surface area contributed by atoms with Crippen LogP contribution in [-0.4, -0.2) is 30.1 Å². The zero-order valence-corrected chi connectivity index (χ0v) is 15.8. The molecule has 0 aromatic heterocycles. The van der Waals surface area contributed by atoms with Crippen molar-refractivity contribution in [1.29, 1.82) is 0 Å². The molecule has 1 rings (SSSR count). The van der Waals surface area contributed by atoms with E-state index in [0.717, 1.165) is 51.4 Å². The van der Waals surface area contributed by atoms with Crippen LogP contribution < -0.4 is 0 Å². The molecule has 4 nitrogen and oxygen atoms in total. The molecule has 1 aliphatic carbocycles. The molecular formula is C21H34O4. The lowest BCUT2D eigenvalue weighted by Gasteiger charge is -2.13. The molecule has 1 fully saturated rings. The summed E-state index contributed by atoms with van der Waals surface area (Å²) in [7, 11) is 1.40. The second-order valence-corrected chi connectivity index (χ2v) is 6.90. The summed E-state index contributed by atoms with van der Waals surface area (Å²) in [6, 6.07) is 0. The lowest BCUT2D eigenvalue weighted by atomic mass is 9.91. The van der Waals surface area contributed by atoms with Crippen molar-refractivity contribution in [2.75, 3.05) is 7.11 Å². The summed E-state index contributed by atoms with van der Waals surface area (Å²) < 4.78 is 4.61. The number of unbranched alkanes of at least 4 members (excludes halogenated alkanes) is 3. The van der Waals surface area contributed by atoms with Gasteiger partial charge in [0.15, 0.2) is 0 Å². The number of hydrogen-bond donors (Lipinski definition) is 1. The van der Waals surface area contributed by atoms with Gasteiger partial charge in [-0.1, -0.05) is 50.5 Å². The van der Waals surface area contributed by atoms with Gasteiger partial charge >= 0.3 is 5.97 Å². The Hall–Kier alpha value is -1.42. The Morgan fingerprint density at radius 1 is 1.32 bits per heavy atom. The minimum absolute atomic E-state index is 0.0379. The first-order valence-corrected chi connectivity index (χ1v) is 9.69. The van der Waals surface area contributed by atoms with Crippen LogP contribution in [0.3, 0.4) is 0 Å². The molecule has 0 saturated heterocycles. The Kier molecular flexibility index (Phi) is 11.1. The summed E-state index contributed by atoms with van der Waals surface area (Å²) in [6.07, 6.45) is 16.1. The average molecular weight is 350 g/mol. The molecule has 0 radical (unpaired) electrons. The van der Waals surface area contributed by atoms with Gasteiger partial charge in [-0.15, -0.1) is 0 Å². The molecule has 0 heterocycles. The third kappa shape index (κ3) is 9.01. The van der Waals surface area contributed by atoms with Crippen molar-refractivity contribution in [3.8, 4) is 0 Å². The van der Waals surface area contributed by atoms with Gasteiger partial charge in [-0.2, -0.15) is 0 Å². The standard InChI is InChI=1S/C21H34O4/c1-3-4-7-10-18(22)15-13-17-14-16-20(23)19(17)11-8-5-6-9-12-21(24)25-2/h5,8,13,15,17-19,22H,3-4,6-7,9-12,14,16H2,1-2H3/b8-5-,15-13?/t17-,18?,19+/m1/s1. The monoisotopic (exact) mass is 350 g/mol. The topological polar surface area (TPSA) is 63.6 Å². The van der Waals surface area contributed by atoms with Crippen LogP contribution >= 0.6 is 0 Å². The highest BCUT2D eigenvalue weighted by atomic mass is 16.5. The number of methoxy groups -OCH3 is 1. The fourth-order valence-electron chi connectivity index (χ4n) is 3.27. The number of aliphatic hydroxyl groups is 1. The van der Waals surface area contributed by atoms with Crippen molar-refractivity contribution < 1.29 is 19.4 Å². The number of esters is 1. The predicted octanol–water partition coefficient (Wildman–Crippen LogP) is 4.37. The Balaban J connectivity index is 2.35. The van der Waals surface area contributed by atoms with E-state index in [-0.39, 0.29) is 17.8 Å². The van der Waals surface area contributed by atoms with E-state index in [1.54, 1.807) is 0 Å². The maximum atomic E-state index is 12.1. The van der Waals surface area contributed by atoms with Gasteiger partial charge in [0.05, 0.1) is 13.2 Å². The van der Waals surface area contributed by atoms with Gasteiger partial charge in [0.2, 0.25) is 0 Å². The molecule has 4 heteroatoms. The van der Waals surface area contributed by atoms with E-state index in [9.17, 15) is 14.7 Å². The first-order valence-electron chi connectivity index (χ1n) is 9.69. The molecule has 142 valence electrons. The number of aliphatic hydroxyl groups excluding tert-OH is 1.